The van der Waals surface area contributed by atoms with E-state index in [0.29, 0.717) is 10.0 Å². The van der Waals surface area contributed by atoms with Gasteiger partial charge in [-0.15, -0.1) is 11.8 Å². The van der Waals surface area contributed by atoms with E-state index < -0.39 is 0 Å². The minimum absolute atomic E-state index is 0.629. The van der Waals surface area contributed by atoms with Gasteiger partial charge < -0.3 is 5.32 Å². The van der Waals surface area contributed by atoms with Gasteiger partial charge in [-0.1, -0.05) is 57.3 Å². The molecule has 100 valence electrons. The minimum Gasteiger partial charge on any atom is -0.382 e. The van der Waals surface area contributed by atoms with Crippen molar-refractivity contribution < 1.29 is 0 Å². The molecule has 0 spiro atoms. The lowest BCUT2D eigenvalue weighted by molar-refractivity contribution is 1.22. The van der Waals surface area contributed by atoms with Gasteiger partial charge in [-0.3, -0.25) is 0 Å². The van der Waals surface area contributed by atoms with Crippen molar-refractivity contribution in [2.45, 2.75) is 4.90 Å². The number of halogens is 3. The van der Waals surface area contributed by atoms with Gasteiger partial charge in [-0.2, -0.15) is 0 Å². The van der Waals surface area contributed by atoms with Crippen molar-refractivity contribution in [3.05, 3.63) is 57.0 Å². The number of hydrogen-bond acceptors (Lipinski definition) is 2. The van der Waals surface area contributed by atoms with Gasteiger partial charge in [0.15, 0.2) is 0 Å². The van der Waals surface area contributed by atoms with Crippen molar-refractivity contribution in [2.24, 2.45) is 0 Å². The van der Waals surface area contributed by atoms with Crippen LogP contribution in [0.5, 0.6) is 0 Å². The molecule has 0 aliphatic carbocycles. The van der Waals surface area contributed by atoms with Gasteiger partial charge in [0.1, 0.15) is 0 Å². The summed E-state index contributed by atoms with van der Waals surface area (Å²) in [5.41, 5.74) is 0.792. The van der Waals surface area contributed by atoms with Gasteiger partial charge in [0.05, 0.1) is 15.7 Å². The lowest BCUT2D eigenvalue weighted by Gasteiger charge is -2.10. The fourth-order valence-corrected chi connectivity index (χ4v) is 3.70. The summed E-state index contributed by atoms with van der Waals surface area (Å²) in [5, 5.41) is 4.53. The zero-order chi connectivity index (χ0) is 13.7. The molecule has 5 heteroatoms. The zero-order valence-corrected chi connectivity index (χ0v) is 13.9. The normalized spacial score (nSPS) is 10.5. The number of benzene rings is 2. The maximum absolute atomic E-state index is 6.15. The zero-order valence-electron chi connectivity index (χ0n) is 10.00. The Morgan fingerprint density at radius 2 is 1.68 bits per heavy atom. The predicted molar refractivity (Wildman–Crippen MR) is 89.8 cm³/mol. The molecule has 0 aromatic heterocycles. The van der Waals surface area contributed by atoms with Gasteiger partial charge in [-0.25, -0.2) is 0 Å². The predicted octanol–water partition coefficient (Wildman–Crippen LogP) is 5.96. The van der Waals surface area contributed by atoms with Crippen molar-refractivity contribution >= 4 is 56.6 Å². The average Bonchev–Trinajstić information content (AvgIpc) is 2.38. The summed E-state index contributed by atoms with van der Waals surface area (Å²) < 4.78 is 0.881. The molecule has 2 aromatic carbocycles. The third-order valence-corrected chi connectivity index (χ3v) is 4.49. The molecule has 2 rings (SSSR count). The Bertz CT molecular complexity index is 525. The van der Waals surface area contributed by atoms with Crippen LogP contribution in [0.25, 0.3) is 0 Å². The van der Waals surface area contributed by atoms with E-state index in [9.17, 15) is 0 Å². The Morgan fingerprint density at radius 1 is 1.05 bits per heavy atom. The summed E-state index contributed by atoms with van der Waals surface area (Å²) in [6.07, 6.45) is 0. The Balaban J connectivity index is 1.86. The highest BCUT2D eigenvalue weighted by Crippen LogP contribution is 2.33. The maximum Gasteiger partial charge on any atom is 0.0720 e. The summed E-state index contributed by atoms with van der Waals surface area (Å²) in [6.45, 7) is 0.806. The minimum atomic E-state index is 0.629. The smallest absolute Gasteiger partial charge is 0.0720 e. The van der Waals surface area contributed by atoms with Crippen LogP contribution >= 0.6 is 50.9 Å². The van der Waals surface area contributed by atoms with E-state index in [0.717, 1.165) is 22.5 Å². The van der Waals surface area contributed by atoms with Crippen LogP contribution < -0.4 is 5.32 Å². The Morgan fingerprint density at radius 3 is 2.32 bits per heavy atom. The molecule has 0 saturated heterocycles. The molecule has 0 saturated carbocycles. The van der Waals surface area contributed by atoms with E-state index in [2.05, 4.69) is 33.4 Å². The Hall–Kier alpha value is -0.350. The Kier molecular flexibility index (Phi) is 5.89. The molecule has 0 radical (unpaired) electrons. The fourth-order valence-electron chi connectivity index (χ4n) is 1.57. The summed E-state index contributed by atoms with van der Waals surface area (Å²) in [4.78, 5) is 1.26. The molecule has 1 nitrogen and oxygen atoms in total. The monoisotopic (exact) mass is 375 g/mol. The molecular formula is C14H12BrCl2NS. The van der Waals surface area contributed by atoms with Crippen LogP contribution in [0.3, 0.4) is 0 Å². The van der Waals surface area contributed by atoms with Crippen molar-refractivity contribution in [2.75, 3.05) is 17.6 Å². The molecule has 0 bridgehead atoms. The van der Waals surface area contributed by atoms with E-state index in [1.54, 1.807) is 11.8 Å². The topological polar surface area (TPSA) is 12.0 Å². The standard InChI is InChI=1S/C14H12BrCl2NS/c15-10-8-12(16)14(13(17)9-10)18-6-7-19-11-4-2-1-3-5-11/h1-5,8-9,18H,6-7H2. The number of nitrogens with one attached hydrogen (secondary N) is 1. The van der Waals surface area contributed by atoms with Crippen molar-refractivity contribution in [1.29, 1.82) is 0 Å². The second-order valence-electron chi connectivity index (χ2n) is 3.83. The highest BCUT2D eigenvalue weighted by molar-refractivity contribution is 9.10. The number of anilines is 1. The van der Waals surface area contributed by atoms with Crippen LogP contribution in [0.15, 0.2) is 51.8 Å². The van der Waals surface area contributed by atoms with Crippen LogP contribution in [0, 0.1) is 0 Å². The highest BCUT2D eigenvalue weighted by Gasteiger charge is 2.06. The first-order valence-corrected chi connectivity index (χ1v) is 8.26. The maximum atomic E-state index is 6.15. The lowest BCUT2D eigenvalue weighted by Crippen LogP contribution is -2.05. The summed E-state index contributed by atoms with van der Waals surface area (Å²) in [7, 11) is 0. The third kappa shape index (κ3) is 4.60. The number of rotatable bonds is 5. The van der Waals surface area contributed by atoms with E-state index in [4.69, 9.17) is 23.2 Å². The molecule has 0 unspecified atom stereocenters. The van der Waals surface area contributed by atoms with Crippen molar-refractivity contribution in [3.63, 3.8) is 0 Å². The molecule has 1 N–H and O–H groups in total. The van der Waals surface area contributed by atoms with Gasteiger partial charge in [0.2, 0.25) is 0 Å². The van der Waals surface area contributed by atoms with E-state index in [1.165, 1.54) is 4.90 Å². The third-order valence-electron chi connectivity index (χ3n) is 2.42. The van der Waals surface area contributed by atoms with Gasteiger partial charge >= 0.3 is 0 Å². The Labute approximate surface area is 135 Å². The van der Waals surface area contributed by atoms with Gasteiger partial charge in [0, 0.05) is 21.7 Å². The molecule has 0 aliphatic rings. The highest BCUT2D eigenvalue weighted by atomic mass is 79.9. The number of thioether (sulfide) groups is 1. The van der Waals surface area contributed by atoms with Crippen LogP contribution in [0.1, 0.15) is 0 Å². The fraction of sp³-hybridized carbons (Fsp3) is 0.143. The van der Waals surface area contributed by atoms with Gasteiger partial charge in [0.25, 0.3) is 0 Å². The van der Waals surface area contributed by atoms with E-state index in [1.807, 2.05) is 30.3 Å². The molecule has 0 amide bonds. The second-order valence-corrected chi connectivity index (χ2v) is 6.73. The first-order valence-electron chi connectivity index (χ1n) is 5.73. The van der Waals surface area contributed by atoms with Crippen molar-refractivity contribution in [1.82, 2.24) is 0 Å². The molecule has 0 heterocycles. The largest absolute Gasteiger partial charge is 0.382 e. The van der Waals surface area contributed by atoms with E-state index in [-0.39, 0.29) is 0 Å². The average molecular weight is 377 g/mol. The summed E-state index contributed by atoms with van der Waals surface area (Å²) >= 11 is 17.4. The number of hydrogen-bond donors (Lipinski definition) is 1. The quantitative estimate of drug-likeness (QED) is 0.510. The summed E-state index contributed by atoms with van der Waals surface area (Å²) in [5.74, 6) is 0.951. The van der Waals surface area contributed by atoms with Crippen LogP contribution in [0.2, 0.25) is 10.0 Å². The first-order chi connectivity index (χ1) is 9.16. The molecule has 19 heavy (non-hydrogen) atoms. The first kappa shape index (κ1) is 15.0. The van der Waals surface area contributed by atoms with Crippen LogP contribution in [-0.2, 0) is 0 Å². The second kappa shape index (κ2) is 7.44. The molecule has 0 atom stereocenters. The molecule has 2 aromatic rings. The van der Waals surface area contributed by atoms with Crippen molar-refractivity contribution in [3.8, 4) is 0 Å². The van der Waals surface area contributed by atoms with E-state index >= 15 is 0 Å². The SMILES string of the molecule is Clc1cc(Br)cc(Cl)c1NCCSc1ccccc1. The van der Waals surface area contributed by atoms with Crippen LogP contribution in [0.4, 0.5) is 5.69 Å². The van der Waals surface area contributed by atoms with Gasteiger partial charge in [-0.05, 0) is 24.3 Å². The molecular weight excluding hydrogens is 365 g/mol. The molecule has 0 fully saturated rings. The summed E-state index contributed by atoms with van der Waals surface area (Å²) in [6, 6.07) is 14.0. The van der Waals surface area contributed by atoms with Crippen LogP contribution in [-0.4, -0.2) is 12.3 Å². The molecule has 0 aliphatic heterocycles. The lowest BCUT2D eigenvalue weighted by atomic mass is 10.3.